The minimum atomic E-state index is -0.116. The number of aromatic nitrogens is 2. The van der Waals surface area contributed by atoms with E-state index in [9.17, 15) is 4.79 Å². The molecule has 0 aliphatic carbocycles. The van der Waals surface area contributed by atoms with Gasteiger partial charge in [0.15, 0.2) is 0 Å². The third kappa shape index (κ3) is 3.36. The molecule has 1 fully saturated rings. The fraction of sp³-hybridized carbons (Fsp3) is 0.312. The van der Waals surface area contributed by atoms with Gasteiger partial charge < -0.3 is 10.2 Å². The van der Waals surface area contributed by atoms with E-state index in [0.29, 0.717) is 10.7 Å². The van der Waals surface area contributed by atoms with Crippen molar-refractivity contribution < 1.29 is 4.79 Å². The maximum Gasteiger partial charge on any atom is 0.270 e. The Bertz CT molecular complexity index is 642. The van der Waals surface area contributed by atoms with Gasteiger partial charge in [-0.1, -0.05) is 17.7 Å². The number of rotatable bonds is 3. The van der Waals surface area contributed by atoms with E-state index in [2.05, 4.69) is 20.2 Å². The summed E-state index contributed by atoms with van der Waals surface area (Å²) >= 11 is 6.18. The fourth-order valence-corrected chi connectivity index (χ4v) is 2.84. The Labute approximate surface area is 134 Å². The van der Waals surface area contributed by atoms with Crippen molar-refractivity contribution >= 4 is 23.3 Å². The van der Waals surface area contributed by atoms with E-state index in [1.807, 2.05) is 18.2 Å². The van der Waals surface area contributed by atoms with Crippen LogP contribution in [0.15, 0.2) is 42.7 Å². The molecule has 6 heteroatoms. The van der Waals surface area contributed by atoms with Crippen molar-refractivity contribution in [2.45, 2.75) is 18.9 Å². The minimum Gasteiger partial charge on any atom is -0.355 e. The van der Waals surface area contributed by atoms with Gasteiger partial charge in [0.25, 0.3) is 5.91 Å². The number of halogens is 1. The molecule has 2 aromatic rings. The van der Waals surface area contributed by atoms with Crippen LogP contribution in [-0.2, 0) is 0 Å². The molecule has 114 valence electrons. The van der Waals surface area contributed by atoms with Gasteiger partial charge in [-0.05, 0) is 37.1 Å². The SMILES string of the molecule is O=C(NC1CCN(c2ncccc2Cl)CC1)c1ccccn1. The van der Waals surface area contributed by atoms with Crippen LogP contribution in [0.3, 0.4) is 0 Å². The van der Waals surface area contributed by atoms with Crippen LogP contribution in [0.5, 0.6) is 0 Å². The van der Waals surface area contributed by atoms with Gasteiger partial charge in [-0.2, -0.15) is 0 Å². The molecule has 5 nitrogen and oxygen atoms in total. The van der Waals surface area contributed by atoms with Crippen molar-refractivity contribution in [2.24, 2.45) is 0 Å². The van der Waals surface area contributed by atoms with Crippen molar-refractivity contribution in [1.82, 2.24) is 15.3 Å². The first-order valence-corrected chi connectivity index (χ1v) is 7.69. The summed E-state index contributed by atoms with van der Waals surface area (Å²) in [4.78, 5) is 22.7. The van der Waals surface area contributed by atoms with Gasteiger partial charge in [-0.15, -0.1) is 0 Å². The average molecular weight is 317 g/mol. The number of hydrogen-bond donors (Lipinski definition) is 1. The molecule has 1 aliphatic rings. The molecular weight excluding hydrogens is 300 g/mol. The molecule has 0 unspecified atom stereocenters. The summed E-state index contributed by atoms with van der Waals surface area (Å²) < 4.78 is 0. The predicted molar refractivity (Wildman–Crippen MR) is 86.2 cm³/mol. The molecule has 1 aliphatic heterocycles. The highest BCUT2D eigenvalue weighted by Gasteiger charge is 2.23. The number of nitrogens with zero attached hydrogens (tertiary/aromatic N) is 3. The topological polar surface area (TPSA) is 58.1 Å². The lowest BCUT2D eigenvalue weighted by atomic mass is 10.0. The zero-order valence-corrected chi connectivity index (χ0v) is 12.8. The van der Waals surface area contributed by atoms with E-state index < -0.39 is 0 Å². The molecule has 0 atom stereocenters. The number of amides is 1. The summed E-state index contributed by atoms with van der Waals surface area (Å²) in [7, 11) is 0. The summed E-state index contributed by atoms with van der Waals surface area (Å²) in [5.74, 6) is 0.702. The van der Waals surface area contributed by atoms with Gasteiger partial charge in [-0.25, -0.2) is 4.98 Å². The van der Waals surface area contributed by atoms with Crippen LogP contribution in [0.1, 0.15) is 23.3 Å². The molecule has 0 aromatic carbocycles. The van der Waals surface area contributed by atoms with Crippen LogP contribution in [-0.4, -0.2) is 35.0 Å². The van der Waals surface area contributed by atoms with Crippen LogP contribution in [0.4, 0.5) is 5.82 Å². The number of carbonyl (C=O) groups is 1. The smallest absolute Gasteiger partial charge is 0.270 e. The van der Waals surface area contributed by atoms with Gasteiger partial charge in [0.05, 0.1) is 5.02 Å². The summed E-state index contributed by atoms with van der Waals surface area (Å²) in [5.41, 5.74) is 0.456. The van der Waals surface area contributed by atoms with Crippen molar-refractivity contribution in [1.29, 1.82) is 0 Å². The second-order valence-electron chi connectivity index (χ2n) is 5.26. The van der Waals surface area contributed by atoms with Crippen molar-refractivity contribution in [3.05, 3.63) is 53.4 Å². The van der Waals surface area contributed by atoms with Crippen LogP contribution in [0, 0.1) is 0 Å². The lowest BCUT2D eigenvalue weighted by Gasteiger charge is -2.33. The number of carbonyl (C=O) groups excluding carboxylic acids is 1. The zero-order valence-electron chi connectivity index (χ0n) is 12.1. The molecule has 22 heavy (non-hydrogen) atoms. The monoisotopic (exact) mass is 316 g/mol. The van der Waals surface area contributed by atoms with Gasteiger partial charge in [0.1, 0.15) is 11.5 Å². The Hall–Kier alpha value is -2.14. The quantitative estimate of drug-likeness (QED) is 0.945. The molecule has 1 saturated heterocycles. The fourth-order valence-electron chi connectivity index (χ4n) is 2.60. The number of anilines is 1. The van der Waals surface area contributed by atoms with E-state index in [1.54, 1.807) is 24.5 Å². The molecule has 0 spiro atoms. The lowest BCUT2D eigenvalue weighted by Crippen LogP contribution is -2.45. The minimum absolute atomic E-state index is 0.116. The summed E-state index contributed by atoms with van der Waals surface area (Å²) in [6.45, 7) is 1.65. The zero-order chi connectivity index (χ0) is 15.4. The Morgan fingerprint density at radius 3 is 2.59 bits per heavy atom. The Kier molecular flexibility index (Phi) is 4.53. The van der Waals surface area contributed by atoms with Gasteiger partial charge in [-0.3, -0.25) is 9.78 Å². The van der Waals surface area contributed by atoms with Gasteiger partial charge in [0.2, 0.25) is 0 Å². The van der Waals surface area contributed by atoms with E-state index >= 15 is 0 Å². The van der Waals surface area contributed by atoms with Crippen LogP contribution >= 0.6 is 11.6 Å². The maximum absolute atomic E-state index is 12.1. The highest BCUT2D eigenvalue weighted by atomic mass is 35.5. The third-order valence-electron chi connectivity index (χ3n) is 3.77. The van der Waals surface area contributed by atoms with Crippen LogP contribution < -0.4 is 10.2 Å². The molecule has 0 saturated carbocycles. The van der Waals surface area contributed by atoms with E-state index in [4.69, 9.17) is 11.6 Å². The number of nitrogens with one attached hydrogen (secondary N) is 1. The molecule has 1 N–H and O–H groups in total. The Morgan fingerprint density at radius 1 is 1.14 bits per heavy atom. The highest BCUT2D eigenvalue weighted by molar-refractivity contribution is 6.32. The first-order chi connectivity index (χ1) is 10.7. The number of piperidine rings is 1. The van der Waals surface area contributed by atoms with E-state index in [0.717, 1.165) is 31.7 Å². The normalized spacial score (nSPS) is 15.6. The largest absolute Gasteiger partial charge is 0.355 e. The molecular formula is C16H17ClN4O. The Morgan fingerprint density at radius 2 is 1.91 bits per heavy atom. The highest BCUT2D eigenvalue weighted by Crippen LogP contribution is 2.25. The van der Waals surface area contributed by atoms with Crippen molar-refractivity contribution in [3.63, 3.8) is 0 Å². The first-order valence-electron chi connectivity index (χ1n) is 7.31. The van der Waals surface area contributed by atoms with E-state index in [1.165, 1.54) is 0 Å². The van der Waals surface area contributed by atoms with Crippen LogP contribution in [0.2, 0.25) is 5.02 Å². The van der Waals surface area contributed by atoms with Gasteiger partial charge in [0, 0.05) is 31.5 Å². The van der Waals surface area contributed by atoms with Crippen molar-refractivity contribution in [2.75, 3.05) is 18.0 Å². The Balaban J connectivity index is 1.56. The first kappa shape index (κ1) is 14.8. The number of pyridine rings is 2. The standard InChI is InChI=1S/C16H17ClN4O/c17-13-4-3-9-19-15(13)21-10-6-12(7-11-21)20-16(22)14-5-1-2-8-18-14/h1-5,8-9,12H,6-7,10-11H2,(H,20,22). The van der Waals surface area contributed by atoms with Gasteiger partial charge >= 0.3 is 0 Å². The molecule has 2 aromatic heterocycles. The molecule has 0 bridgehead atoms. The second kappa shape index (κ2) is 6.75. The average Bonchev–Trinajstić information content (AvgIpc) is 2.57. The molecule has 3 heterocycles. The summed E-state index contributed by atoms with van der Waals surface area (Å²) in [6, 6.07) is 9.16. The van der Waals surface area contributed by atoms with Crippen molar-refractivity contribution in [3.8, 4) is 0 Å². The van der Waals surface area contributed by atoms with E-state index in [-0.39, 0.29) is 11.9 Å². The third-order valence-corrected chi connectivity index (χ3v) is 4.06. The van der Waals surface area contributed by atoms with Crippen LogP contribution in [0.25, 0.3) is 0 Å². The predicted octanol–water partition coefficient (Wildman–Crippen LogP) is 2.53. The number of hydrogen-bond acceptors (Lipinski definition) is 4. The maximum atomic E-state index is 12.1. The molecule has 0 radical (unpaired) electrons. The molecule has 1 amide bonds. The summed E-state index contributed by atoms with van der Waals surface area (Å²) in [5, 5.41) is 3.71. The summed E-state index contributed by atoms with van der Waals surface area (Å²) in [6.07, 6.45) is 5.10. The lowest BCUT2D eigenvalue weighted by molar-refractivity contribution is 0.0926. The molecule has 3 rings (SSSR count). The second-order valence-corrected chi connectivity index (χ2v) is 5.67.